The van der Waals surface area contributed by atoms with Crippen molar-refractivity contribution >= 4 is 11.5 Å². The molecule has 1 aromatic rings. The van der Waals surface area contributed by atoms with Crippen molar-refractivity contribution in [2.75, 3.05) is 25.0 Å². The van der Waals surface area contributed by atoms with E-state index in [1.54, 1.807) is 6.07 Å². The molecule has 0 amide bonds. The molecule has 0 saturated carbocycles. The Balaban J connectivity index is 1.84. The minimum Gasteiger partial charge on any atom is -0.380 e. The third-order valence-electron chi connectivity index (χ3n) is 3.30. The molecule has 2 heterocycles. The zero-order valence-corrected chi connectivity index (χ0v) is 10.5. The minimum atomic E-state index is -0.489. The highest BCUT2D eigenvalue weighted by Gasteiger charge is 2.17. The minimum absolute atomic E-state index is 0.117. The molecular formula is C12H18N4O2. The number of anilines is 1. The van der Waals surface area contributed by atoms with Crippen LogP contribution in [0.3, 0.4) is 0 Å². The Kier molecular flexibility index (Phi) is 4.09. The lowest BCUT2D eigenvalue weighted by atomic mass is 10.3. The fraction of sp³-hybridized carbons (Fsp3) is 0.583. The van der Waals surface area contributed by atoms with Crippen molar-refractivity contribution < 1.29 is 4.92 Å². The van der Waals surface area contributed by atoms with Gasteiger partial charge in [-0.25, -0.2) is 0 Å². The van der Waals surface area contributed by atoms with Crippen LogP contribution >= 0.6 is 0 Å². The van der Waals surface area contributed by atoms with Gasteiger partial charge in [0.1, 0.15) is 0 Å². The first-order valence-electron chi connectivity index (χ1n) is 6.25. The highest BCUT2D eigenvalue weighted by Crippen LogP contribution is 2.14. The van der Waals surface area contributed by atoms with E-state index in [1.807, 2.05) is 0 Å². The number of nitrogens with zero attached hydrogens (tertiary/aromatic N) is 3. The monoisotopic (exact) mass is 250 g/mol. The van der Waals surface area contributed by atoms with E-state index < -0.39 is 4.92 Å². The van der Waals surface area contributed by atoms with Crippen LogP contribution < -0.4 is 5.32 Å². The number of likely N-dealkylation sites (tertiary alicyclic amines) is 1. The summed E-state index contributed by atoms with van der Waals surface area (Å²) in [5.41, 5.74) is 0.826. The first-order valence-corrected chi connectivity index (χ1v) is 6.25. The second-order valence-corrected chi connectivity index (χ2v) is 4.64. The topological polar surface area (TPSA) is 71.3 Å². The molecule has 1 N–H and O–H groups in total. The predicted molar refractivity (Wildman–Crippen MR) is 69.7 cm³/mol. The van der Waals surface area contributed by atoms with Gasteiger partial charge in [0.25, 0.3) is 0 Å². The molecule has 0 bridgehead atoms. The Morgan fingerprint density at radius 3 is 2.78 bits per heavy atom. The predicted octanol–water partition coefficient (Wildman–Crippen LogP) is 1.89. The van der Waals surface area contributed by atoms with Crippen LogP contribution in [0.2, 0.25) is 0 Å². The molecule has 1 saturated heterocycles. The van der Waals surface area contributed by atoms with Crippen molar-refractivity contribution in [3.05, 3.63) is 28.4 Å². The number of nitrogens with one attached hydrogen (secondary N) is 1. The molecular weight excluding hydrogens is 232 g/mol. The van der Waals surface area contributed by atoms with Crippen LogP contribution in [0.4, 0.5) is 11.5 Å². The van der Waals surface area contributed by atoms with E-state index in [0.29, 0.717) is 6.04 Å². The molecule has 1 atom stereocenters. The van der Waals surface area contributed by atoms with Gasteiger partial charge in [-0.1, -0.05) is 0 Å². The van der Waals surface area contributed by atoms with Crippen molar-refractivity contribution in [2.45, 2.75) is 25.8 Å². The second-order valence-electron chi connectivity index (χ2n) is 4.64. The van der Waals surface area contributed by atoms with Gasteiger partial charge in [-0.15, -0.1) is 0 Å². The zero-order chi connectivity index (χ0) is 13.0. The van der Waals surface area contributed by atoms with Crippen LogP contribution in [-0.2, 0) is 0 Å². The average molecular weight is 250 g/mol. The number of hydrogen-bond donors (Lipinski definition) is 1. The van der Waals surface area contributed by atoms with Gasteiger partial charge in [0.05, 0.1) is 5.69 Å². The van der Waals surface area contributed by atoms with E-state index in [0.717, 1.165) is 12.2 Å². The molecule has 18 heavy (non-hydrogen) atoms. The largest absolute Gasteiger partial charge is 0.380 e. The molecule has 0 aromatic carbocycles. The quantitative estimate of drug-likeness (QED) is 0.638. The molecule has 6 heteroatoms. The van der Waals surface area contributed by atoms with Crippen molar-refractivity contribution in [1.29, 1.82) is 0 Å². The van der Waals surface area contributed by atoms with E-state index >= 15 is 0 Å². The van der Waals surface area contributed by atoms with Gasteiger partial charge in [-0.2, -0.15) is 0 Å². The van der Waals surface area contributed by atoms with Crippen LogP contribution in [0, 0.1) is 10.1 Å². The molecule has 1 fully saturated rings. The lowest BCUT2D eigenvalue weighted by Gasteiger charge is -2.24. The summed E-state index contributed by atoms with van der Waals surface area (Å²) >= 11 is 0. The van der Waals surface area contributed by atoms with Crippen molar-refractivity contribution in [1.82, 2.24) is 9.88 Å². The fourth-order valence-corrected chi connectivity index (χ4v) is 2.18. The maximum Gasteiger partial charge on any atom is 0.363 e. The third-order valence-corrected chi connectivity index (χ3v) is 3.30. The van der Waals surface area contributed by atoms with Crippen LogP contribution in [0.5, 0.6) is 0 Å². The van der Waals surface area contributed by atoms with Crippen LogP contribution in [0.15, 0.2) is 18.3 Å². The summed E-state index contributed by atoms with van der Waals surface area (Å²) in [6, 6.07) is 3.59. The Hall–Kier alpha value is -1.69. The van der Waals surface area contributed by atoms with Gasteiger partial charge in [-0.05, 0) is 48.8 Å². The molecule has 1 aromatic heterocycles. The number of aromatic nitrogens is 1. The van der Waals surface area contributed by atoms with E-state index in [1.165, 1.54) is 38.2 Å². The lowest BCUT2D eigenvalue weighted by molar-refractivity contribution is -0.389. The zero-order valence-electron chi connectivity index (χ0n) is 10.5. The molecule has 0 aliphatic carbocycles. The van der Waals surface area contributed by atoms with Gasteiger partial charge in [0.2, 0.25) is 0 Å². The number of rotatable bonds is 5. The van der Waals surface area contributed by atoms with E-state index in [-0.39, 0.29) is 5.82 Å². The van der Waals surface area contributed by atoms with Crippen molar-refractivity contribution in [3.8, 4) is 0 Å². The molecule has 2 rings (SSSR count). The van der Waals surface area contributed by atoms with Crippen LogP contribution in [0.1, 0.15) is 19.8 Å². The summed E-state index contributed by atoms with van der Waals surface area (Å²) in [7, 11) is 0. The van der Waals surface area contributed by atoms with Crippen LogP contribution in [-0.4, -0.2) is 40.5 Å². The highest BCUT2D eigenvalue weighted by atomic mass is 16.6. The van der Waals surface area contributed by atoms with Crippen molar-refractivity contribution in [3.63, 3.8) is 0 Å². The molecule has 0 spiro atoms. The molecule has 0 radical (unpaired) electrons. The van der Waals surface area contributed by atoms with E-state index in [2.05, 4.69) is 22.1 Å². The van der Waals surface area contributed by atoms with Crippen LogP contribution in [0.25, 0.3) is 0 Å². The molecule has 1 aliphatic rings. The average Bonchev–Trinajstić information content (AvgIpc) is 2.90. The summed E-state index contributed by atoms with van der Waals surface area (Å²) in [5, 5.41) is 13.7. The van der Waals surface area contributed by atoms with Gasteiger partial charge in [0.15, 0.2) is 6.20 Å². The fourth-order valence-electron chi connectivity index (χ4n) is 2.18. The van der Waals surface area contributed by atoms with E-state index in [9.17, 15) is 10.1 Å². The maximum absolute atomic E-state index is 10.5. The number of nitro groups is 1. The summed E-state index contributed by atoms with van der Waals surface area (Å²) < 4.78 is 0. The first kappa shape index (κ1) is 12.8. The Bertz CT molecular complexity index is 401. The first-order chi connectivity index (χ1) is 8.66. The SMILES string of the molecule is CC(CNc1ccc([N+](=O)[O-])nc1)N1CCCC1. The van der Waals surface area contributed by atoms with Crippen molar-refractivity contribution in [2.24, 2.45) is 0 Å². The highest BCUT2D eigenvalue weighted by molar-refractivity contribution is 5.43. The standard InChI is InChI=1S/C12H18N4O2/c1-10(15-6-2-3-7-15)8-13-11-4-5-12(14-9-11)16(17)18/h4-5,9-10,13H,2-3,6-8H2,1H3. The van der Waals surface area contributed by atoms with Gasteiger partial charge in [-0.3, -0.25) is 4.90 Å². The Morgan fingerprint density at radius 2 is 2.22 bits per heavy atom. The number of hydrogen-bond acceptors (Lipinski definition) is 5. The lowest BCUT2D eigenvalue weighted by Crippen LogP contribution is -2.35. The summed E-state index contributed by atoms with van der Waals surface area (Å²) in [6.45, 7) is 5.36. The molecule has 6 nitrogen and oxygen atoms in total. The van der Waals surface area contributed by atoms with Gasteiger partial charge < -0.3 is 15.4 Å². The van der Waals surface area contributed by atoms with Gasteiger partial charge >= 0.3 is 5.82 Å². The molecule has 1 aliphatic heterocycles. The summed E-state index contributed by atoms with van der Waals surface area (Å²) in [5.74, 6) is -0.117. The normalized spacial score (nSPS) is 17.6. The number of pyridine rings is 1. The third kappa shape index (κ3) is 3.16. The molecule has 1 unspecified atom stereocenters. The van der Waals surface area contributed by atoms with E-state index in [4.69, 9.17) is 0 Å². The summed E-state index contributed by atoms with van der Waals surface area (Å²) in [4.78, 5) is 16.2. The Morgan fingerprint density at radius 1 is 1.50 bits per heavy atom. The molecule has 98 valence electrons. The smallest absolute Gasteiger partial charge is 0.363 e. The maximum atomic E-state index is 10.5. The summed E-state index contributed by atoms with van der Waals surface area (Å²) in [6.07, 6.45) is 4.07. The Labute approximate surface area is 106 Å². The van der Waals surface area contributed by atoms with Gasteiger partial charge in [0, 0.05) is 18.7 Å². The second kappa shape index (κ2) is 5.77.